The second-order valence-corrected chi connectivity index (χ2v) is 2.89. The van der Waals surface area contributed by atoms with Gasteiger partial charge in [-0.1, -0.05) is 24.3 Å². The molecule has 0 amide bonds. The fourth-order valence-corrected chi connectivity index (χ4v) is 1.03. The summed E-state index contributed by atoms with van der Waals surface area (Å²) in [6.45, 7) is -4.99. The van der Waals surface area contributed by atoms with Crippen molar-refractivity contribution >= 4 is 18.4 Å². The van der Waals surface area contributed by atoms with Gasteiger partial charge in [-0.15, -0.1) is 5.46 Å². The summed E-state index contributed by atoms with van der Waals surface area (Å²) in [5.74, 6) is -1.06. The summed E-state index contributed by atoms with van der Waals surface area (Å²) in [6.07, 6.45) is -0.259. The van der Waals surface area contributed by atoms with Gasteiger partial charge in [0.2, 0.25) is 0 Å². The minimum atomic E-state index is -4.99. The fourth-order valence-electron chi connectivity index (χ4n) is 1.03. The molecule has 2 nitrogen and oxygen atoms in total. The second-order valence-electron chi connectivity index (χ2n) is 2.89. The van der Waals surface area contributed by atoms with Gasteiger partial charge in [0.25, 0.3) is 0 Å². The Kier molecular flexibility index (Phi) is 6.12. The Labute approximate surface area is 127 Å². The normalized spacial score (nSPS) is 10.6. The molecule has 0 fully saturated rings. The van der Waals surface area contributed by atoms with Gasteiger partial charge < -0.3 is 18.1 Å². The van der Waals surface area contributed by atoms with Crippen molar-refractivity contribution < 1.29 is 74.2 Å². The molecule has 1 rings (SSSR count). The molecule has 0 aliphatic heterocycles. The third-order valence-electron chi connectivity index (χ3n) is 1.71. The van der Waals surface area contributed by atoms with Crippen LogP contribution in [0.1, 0.15) is 5.56 Å². The predicted molar refractivity (Wildman–Crippen MR) is 46.5 cm³/mol. The molecule has 0 atom stereocenters. The zero-order valence-corrected chi connectivity index (χ0v) is 11.2. The molecule has 0 radical (unpaired) electrons. The van der Waals surface area contributed by atoms with Crippen LogP contribution in [0.5, 0.6) is 0 Å². The third kappa shape index (κ3) is 5.17. The molecule has 0 aromatic heterocycles. The van der Waals surface area contributed by atoms with Crippen LogP contribution in [0.3, 0.4) is 0 Å². The van der Waals surface area contributed by atoms with E-state index < -0.39 is 18.4 Å². The van der Waals surface area contributed by atoms with Gasteiger partial charge in [0.15, 0.2) is 0 Å². The first-order valence-corrected chi connectivity index (χ1v) is 3.90. The number of hydrogen-bond donors (Lipinski definition) is 1. The van der Waals surface area contributed by atoms with Crippen molar-refractivity contribution in [3.8, 4) is 0 Å². The SMILES string of the molecule is O=C(O)Cc1ccc([B-](F)(F)F)cc1.[K+]. The Morgan fingerprint density at radius 1 is 1.20 bits per heavy atom. The number of carboxylic acids is 1. The standard InChI is InChI=1S/C8H7BF3O2.K/c10-9(11,12)7-3-1-6(2-4-7)5-8(13)14;/h1-4H,5H2,(H,13,14);/q-1;+1. The summed E-state index contributed by atoms with van der Waals surface area (Å²) in [7, 11) is 0. The molecule has 7 heteroatoms. The van der Waals surface area contributed by atoms with E-state index in [1.807, 2.05) is 0 Å². The maximum Gasteiger partial charge on any atom is 1.00 e. The van der Waals surface area contributed by atoms with E-state index in [0.717, 1.165) is 12.1 Å². The molecule has 1 aromatic rings. The van der Waals surface area contributed by atoms with Crippen LogP contribution >= 0.6 is 0 Å². The minimum Gasteiger partial charge on any atom is -0.481 e. The Balaban J connectivity index is 0.00000196. The molecular weight excluding hydrogens is 235 g/mol. The van der Waals surface area contributed by atoms with E-state index in [1.54, 1.807) is 0 Å². The van der Waals surface area contributed by atoms with Crippen molar-refractivity contribution in [2.45, 2.75) is 6.42 Å². The van der Waals surface area contributed by atoms with E-state index in [9.17, 15) is 17.7 Å². The molecule has 15 heavy (non-hydrogen) atoms. The second kappa shape index (κ2) is 6.05. The first-order chi connectivity index (χ1) is 6.39. The van der Waals surface area contributed by atoms with E-state index >= 15 is 0 Å². The van der Waals surface area contributed by atoms with E-state index in [1.165, 1.54) is 12.1 Å². The van der Waals surface area contributed by atoms with E-state index in [-0.39, 0.29) is 57.8 Å². The van der Waals surface area contributed by atoms with Crippen LogP contribution in [0.4, 0.5) is 12.9 Å². The smallest absolute Gasteiger partial charge is 0.481 e. The van der Waals surface area contributed by atoms with Crippen LogP contribution in [-0.2, 0) is 11.2 Å². The van der Waals surface area contributed by atoms with Crippen LogP contribution in [0.25, 0.3) is 0 Å². The van der Waals surface area contributed by atoms with Crippen LogP contribution < -0.4 is 56.8 Å². The van der Waals surface area contributed by atoms with Crippen molar-refractivity contribution in [1.29, 1.82) is 0 Å². The monoisotopic (exact) mass is 242 g/mol. The predicted octanol–water partition coefficient (Wildman–Crippen LogP) is -1.63. The van der Waals surface area contributed by atoms with Crippen molar-refractivity contribution in [1.82, 2.24) is 0 Å². The average Bonchev–Trinajstić information content (AvgIpc) is 2.02. The number of benzene rings is 1. The van der Waals surface area contributed by atoms with Gasteiger partial charge in [-0.25, -0.2) is 0 Å². The van der Waals surface area contributed by atoms with E-state index in [0.29, 0.717) is 5.56 Å². The Morgan fingerprint density at radius 3 is 2.00 bits per heavy atom. The molecule has 1 aromatic carbocycles. The molecule has 0 aliphatic rings. The number of aliphatic carboxylic acids is 1. The zero-order valence-electron chi connectivity index (χ0n) is 8.08. The number of carboxylic acid groups (broad SMARTS) is 1. The molecule has 0 saturated carbocycles. The number of carbonyl (C=O) groups is 1. The Hall–Kier alpha value is 0.181. The maximum atomic E-state index is 12.1. The van der Waals surface area contributed by atoms with Crippen LogP contribution in [0.2, 0.25) is 0 Å². The van der Waals surface area contributed by atoms with Gasteiger partial charge in [-0.3, -0.25) is 4.79 Å². The van der Waals surface area contributed by atoms with Gasteiger partial charge >= 0.3 is 64.3 Å². The molecule has 0 aliphatic carbocycles. The summed E-state index contributed by atoms with van der Waals surface area (Å²) in [5, 5.41) is 8.38. The summed E-state index contributed by atoms with van der Waals surface area (Å²) < 4.78 is 36.4. The summed E-state index contributed by atoms with van der Waals surface area (Å²) in [5.41, 5.74) is -0.347. The molecule has 0 bridgehead atoms. The van der Waals surface area contributed by atoms with Crippen molar-refractivity contribution in [3.05, 3.63) is 29.8 Å². The van der Waals surface area contributed by atoms with Gasteiger partial charge in [0.05, 0.1) is 6.42 Å². The van der Waals surface area contributed by atoms with Crippen LogP contribution in [0, 0.1) is 0 Å². The molecule has 0 unspecified atom stereocenters. The Morgan fingerprint density at radius 2 is 1.67 bits per heavy atom. The number of hydrogen-bond acceptors (Lipinski definition) is 1. The third-order valence-corrected chi connectivity index (χ3v) is 1.71. The van der Waals surface area contributed by atoms with Gasteiger partial charge in [0, 0.05) is 0 Å². The summed E-state index contributed by atoms with van der Waals surface area (Å²) in [6, 6.07) is 4.16. The van der Waals surface area contributed by atoms with Gasteiger partial charge in [0.1, 0.15) is 0 Å². The van der Waals surface area contributed by atoms with Crippen LogP contribution in [-0.4, -0.2) is 18.1 Å². The average molecular weight is 242 g/mol. The van der Waals surface area contributed by atoms with Crippen molar-refractivity contribution in [2.75, 3.05) is 0 Å². The molecule has 0 heterocycles. The number of rotatable bonds is 3. The fraction of sp³-hybridized carbons (Fsp3) is 0.125. The van der Waals surface area contributed by atoms with Crippen molar-refractivity contribution in [2.24, 2.45) is 0 Å². The summed E-state index contributed by atoms with van der Waals surface area (Å²) >= 11 is 0. The topological polar surface area (TPSA) is 37.3 Å². The van der Waals surface area contributed by atoms with Gasteiger partial charge in [-0.05, 0) is 5.56 Å². The first-order valence-electron chi connectivity index (χ1n) is 3.90. The number of halogens is 3. The largest absolute Gasteiger partial charge is 1.00 e. The molecule has 76 valence electrons. The molecule has 1 N–H and O–H groups in total. The molecule has 0 saturated heterocycles. The first kappa shape index (κ1) is 15.2. The van der Waals surface area contributed by atoms with Gasteiger partial charge in [-0.2, -0.15) is 0 Å². The minimum absolute atomic E-state index is 0. The molecular formula is C8H7BF3KO2. The maximum absolute atomic E-state index is 12.1. The Bertz CT molecular complexity index is 337. The van der Waals surface area contributed by atoms with Crippen LogP contribution in [0.15, 0.2) is 24.3 Å². The summed E-state index contributed by atoms with van der Waals surface area (Å²) in [4.78, 5) is 10.2. The van der Waals surface area contributed by atoms with Crippen molar-refractivity contribution in [3.63, 3.8) is 0 Å². The van der Waals surface area contributed by atoms with E-state index in [4.69, 9.17) is 5.11 Å². The zero-order chi connectivity index (χ0) is 10.8. The van der Waals surface area contributed by atoms with E-state index in [2.05, 4.69) is 0 Å². The molecule has 0 spiro atoms. The quantitative estimate of drug-likeness (QED) is 0.646.